The van der Waals surface area contributed by atoms with Gasteiger partial charge in [0.05, 0.1) is 0 Å². The molecule has 1 saturated heterocycles. The molecule has 6 heteroatoms. The fraction of sp³-hybridized carbons (Fsp3) is 0.895. The zero-order chi connectivity index (χ0) is 16.8. The lowest BCUT2D eigenvalue weighted by molar-refractivity contribution is -0.127. The summed E-state index contributed by atoms with van der Waals surface area (Å²) in [5, 5.41) is 9.76. The third-order valence-corrected chi connectivity index (χ3v) is 6.10. The summed E-state index contributed by atoms with van der Waals surface area (Å²) < 4.78 is 0. The van der Waals surface area contributed by atoms with Crippen LogP contribution in [0, 0.1) is 11.8 Å². The van der Waals surface area contributed by atoms with Crippen molar-refractivity contribution in [3.05, 3.63) is 0 Å². The van der Waals surface area contributed by atoms with Gasteiger partial charge >= 0.3 is 0 Å². The Morgan fingerprint density at radius 3 is 2.04 bits per heavy atom. The van der Waals surface area contributed by atoms with Gasteiger partial charge in [-0.25, -0.2) is 0 Å². The molecule has 2 aliphatic carbocycles. The Labute approximate surface area is 157 Å². The molecular weight excluding hydrogens is 338 g/mol. The summed E-state index contributed by atoms with van der Waals surface area (Å²) in [6.45, 7) is 2.01. The largest absolute Gasteiger partial charge is 0.353 e. The molecule has 3 rings (SSSR count). The molecule has 144 valence electrons. The second-order valence-corrected chi connectivity index (χ2v) is 8.00. The molecule has 1 aliphatic heterocycles. The van der Waals surface area contributed by atoms with Crippen LogP contribution in [0.15, 0.2) is 0 Å². The minimum atomic E-state index is 0. The molecule has 3 fully saturated rings. The predicted octanol–water partition coefficient (Wildman–Crippen LogP) is 2.53. The number of rotatable bonds is 5. The molecule has 0 atom stereocenters. The summed E-state index contributed by atoms with van der Waals surface area (Å²) in [4.78, 5) is 24.6. The maximum atomic E-state index is 12.4. The van der Waals surface area contributed by atoms with Crippen molar-refractivity contribution in [2.45, 2.75) is 82.7 Å². The van der Waals surface area contributed by atoms with E-state index in [-0.39, 0.29) is 36.2 Å². The third-order valence-electron chi connectivity index (χ3n) is 6.10. The quantitative estimate of drug-likeness (QED) is 0.695. The molecule has 0 radical (unpaired) electrons. The highest BCUT2D eigenvalue weighted by molar-refractivity contribution is 5.85. The van der Waals surface area contributed by atoms with E-state index in [0.29, 0.717) is 18.4 Å². The van der Waals surface area contributed by atoms with Crippen LogP contribution in [0.2, 0.25) is 0 Å². The molecular formula is C19H34ClN3O2. The Hall–Kier alpha value is -0.810. The van der Waals surface area contributed by atoms with Gasteiger partial charge in [-0.05, 0) is 70.4 Å². The number of amides is 2. The lowest BCUT2D eigenvalue weighted by atomic mass is 9.85. The van der Waals surface area contributed by atoms with Gasteiger partial charge in [0.25, 0.3) is 0 Å². The van der Waals surface area contributed by atoms with E-state index < -0.39 is 0 Å². The highest BCUT2D eigenvalue weighted by Crippen LogP contribution is 2.28. The van der Waals surface area contributed by atoms with Crippen molar-refractivity contribution in [1.29, 1.82) is 0 Å². The summed E-state index contributed by atoms with van der Waals surface area (Å²) in [7, 11) is 0. The van der Waals surface area contributed by atoms with Gasteiger partial charge in [-0.1, -0.05) is 12.8 Å². The van der Waals surface area contributed by atoms with Gasteiger partial charge in [0, 0.05) is 24.4 Å². The van der Waals surface area contributed by atoms with Crippen LogP contribution in [0.3, 0.4) is 0 Å². The number of carbonyl (C=O) groups excluding carboxylic acids is 2. The molecule has 0 unspecified atom stereocenters. The fourth-order valence-electron chi connectivity index (χ4n) is 4.55. The smallest absolute Gasteiger partial charge is 0.223 e. The number of carbonyl (C=O) groups is 2. The standard InChI is InChI=1S/C19H33N3O2.ClH/c23-18(13-14-3-1-2-4-14)21-16-7-5-15(6-8-16)19(24)22-17-9-11-20-12-10-17;/h14-17,20H,1-13H2,(H,21,23)(H,22,24);1H. The fourth-order valence-corrected chi connectivity index (χ4v) is 4.55. The van der Waals surface area contributed by atoms with Crippen molar-refractivity contribution in [1.82, 2.24) is 16.0 Å². The lowest BCUT2D eigenvalue weighted by Gasteiger charge is -2.31. The molecule has 0 aromatic heterocycles. The number of hydrogen-bond acceptors (Lipinski definition) is 3. The number of piperidine rings is 1. The van der Waals surface area contributed by atoms with Crippen LogP contribution in [0.5, 0.6) is 0 Å². The normalized spacial score (nSPS) is 28.2. The number of halogens is 1. The van der Waals surface area contributed by atoms with Crippen LogP contribution in [-0.2, 0) is 9.59 Å². The van der Waals surface area contributed by atoms with Gasteiger partial charge in [0.15, 0.2) is 0 Å². The molecule has 2 saturated carbocycles. The molecule has 0 aromatic rings. The molecule has 0 aromatic carbocycles. The van der Waals surface area contributed by atoms with E-state index in [1.165, 1.54) is 25.7 Å². The van der Waals surface area contributed by atoms with Crippen molar-refractivity contribution >= 4 is 24.2 Å². The maximum absolute atomic E-state index is 12.4. The van der Waals surface area contributed by atoms with Gasteiger partial charge < -0.3 is 16.0 Å². The molecule has 2 amide bonds. The molecule has 0 bridgehead atoms. The van der Waals surface area contributed by atoms with E-state index in [1.807, 2.05) is 0 Å². The van der Waals surface area contributed by atoms with Crippen molar-refractivity contribution in [3.8, 4) is 0 Å². The average molecular weight is 372 g/mol. The summed E-state index contributed by atoms with van der Waals surface area (Å²) in [6, 6.07) is 0.629. The van der Waals surface area contributed by atoms with E-state index in [4.69, 9.17) is 0 Å². The Morgan fingerprint density at radius 2 is 1.40 bits per heavy atom. The first-order chi connectivity index (χ1) is 11.7. The van der Waals surface area contributed by atoms with Crippen LogP contribution in [-0.4, -0.2) is 37.0 Å². The molecule has 5 nitrogen and oxygen atoms in total. The van der Waals surface area contributed by atoms with Gasteiger partial charge in [0.1, 0.15) is 0 Å². The lowest BCUT2D eigenvalue weighted by Crippen LogP contribution is -2.46. The Bertz CT molecular complexity index is 426. The first-order valence-corrected chi connectivity index (χ1v) is 10.0. The summed E-state index contributed by atoms with van der Waals surface area (Å²) in [5.41, 5.74) is 0. The van der Waals surface area contributed by atoms with E-state index in [0.717, 1.165) is 51.6 Å². The number of hydrogen-bond donors (Lipinski definition) is 3. The van der Waals surface area contributed by atoms with E-state index in [2.05, 4.69) is 16.0 Å². The topological polar surface area (TPSA) is 70.2 Å². The molecule has 25 heavy (non-hydrogen) atoms. The van der Waals surface area contributed by atoms with Gasteiger partial charge in [-0.2, -0.15) is 0 Å². The number of nitrogens with one attached hydrogen (secondary N) is 3. The Balaban J connectivity index is 0.00000225. The average Bonchev–Trinajstić information content (AvgIpc) is 3.09. The zero-order valence-electron chi connectivity index (χ0n) is 15.2. The minimum Gasteiger partial charge on any atom is -0.353 e. The SMILES string of the molecule is Cl.O=C(CC1CCCC1)NC1CCC(C(=O)NC2CCNCC2)CC1. The van der Waals surface area contributed by atoms with Gasteiger partial charge in [-0.15, -0.1) is 12.4 Å². The highest BCUT2D eigenvalue weighted by atomic mass is 35.5. The molecule has 3 aliphatic rings. The minimum absolute atomic E-state index is 0. The van der Waals surface area contributed by atoms with E-state index in [9.17, 15) is 9.59 Å². The van der Waals surface area contributed by atoms with E-state index >= 15 is 0 Å². The summed E-state index contributed by atoms with van der Waals surface area (Å²) >= 11 is 0. The predicted molar refractivity (Wildman–Crippen MR) is 102 cm³/mol. The highest BCUT2D eigenvalue weighted by Gasteiger charge is 2.29. The second-order valence-electron chi connectivity index (χ2n) is 8.00. The summed E-state index contributed by atoms with van der Waals surface area (Å²) in [6.07, 6.45) is 11.5. The van der Waals surface area contributed by atoms with Gasteiger partial charge in [-0.3, -0.25) is 9.59 Å². The third kappa shape index (κ3) is 6.45. The first kappa shape index (κ1) is 20.5. The van der Waals surface area contributed by atoms with Crippen molar-refractivity contribution in [2.24, 2.45) is 11.8 Å². The van der Waals surface area contributed by atoms with Gasteiger partial charge in [0.2, 0.25) is 11.8 Å². The Kier molecular flexibility index (Phi) is 8.50. The second kappa shape index (κ2) is 10.4. The Morgan fingerprint density at radius 1 is 0.800 bits per heavy atom. The van der Waals surface area contributed by atoms with Crippen molar-refractivity contribution < 1.29 is 9.59 Å². The summed E-state index contributed by atoms with van der Waals surface area (Å²) in [5.74, 6) is 1.21. The van der Waals surface area contributed by atoms with Crippen molar-refractivity contribution in [3.63, 3.8) is 0 Å². The van der Waals surface area contributed by atoms with Crippen LogP contribution < -0.4 is 16.0 Å². The maximum Gasteiger partial charge on any atom is 0.223 e. The van der Waals surface area contributed by atoms with Crippen molar-refractivity contribution in [2.75, 3.05) is 13.1 Å². The van der Waals surface area contributed by atoms with Crippen LogP contribution in [0.25, 0.3) is 0 Å². The van der Waals surface area contributed by atoms with Crippen LogP contribution in [0.1, 0.15) is 70.6 Å². The molecule has 0 spiro atoms. The van der Waals surface area contributed by atoms with Crippen LogP contribution in [0.4, 0.5) is 0 Å². The monoisotopic (exact) mass is 371 g/mol. The zero-order valence-corrected chi connectivity index (χ0v) is 16.0. The molecule has 1 heterocycles. The van der Waals surface area contributed by atoms with E-state index in [1.54, 1.807) is 0 Å². The molecule has 3 N–H and O–H groups in total. The first-order valence-electron chi connectivity index (χ1n) is 10.0. The van der Waals surface area contributed by atoms with Crippen LogP contribution >= 0.6 is 12.4 Å².